The van der Waals surface area contributed by atoms with Crippen LogP contribution >= 0.6 is 23.8 Å². The highest BCUT2D eigenvalue weighted by molar-refractivity contribution is 7.80. The van der Waals surface area contributed by atoms with Crippen LogP contribution in [0.5, 0.6) is 17.2 Å². The Bertz CT molecular complexity index is 958. The Hall–Kier alpha value is -3.11. The van der Waals surface area contributed by atoms with Crippen LogP contribution in [0.2, 0.25) is 5.02 Å². The number of nitro groups is 1. The first-order chi connectivity index (χ1) is 14.8. The minimum Gasteiger partial charge on any atom is -0.490 e. The first-order valence-electron chi connectivity index (χ1n) is 9.43. The molecule has 0 aliphatic heterocycles. The number of hydrogen-bond donors (Lipinski definition) is 2. The van der Waals surface area contributed by atoms with Gasteiger partial charge in [0.15, 0.2) is 16.6 Å². The summed E-state index contributed by atoms with van der Waals surface area (Å²) in [5.41, 5.74) is 0.248. The van der Waals surface area contributed by atoms with Gasteiger partial charge in [-0.3, -0.25) is 20.2 Å². The third-order valence-corrected chi connectivity index (χ3v) is 4.34. The van der Waals surface area contributed by atoms with E-state index in [1.54, 1.807) is 0 Å². The van der Waals surface area contributed by atoms with Gasteiger partial charge >= 0.3 is 0 Å². The lowest BCUT2D eigenvalue weighted by Crippen LogP contribution is -2.34. The van der Waals surface area contributed by atoms with E-state index in [9.17, 15) is 14.9 Å². The fourth-order valence-electron chi connectivity index (χ4n) is 2.57. The van der Waals surface area contributed by atoms with Crippen LogP contribution < -0.4 is 24.8 Å². The number of carbonyl (C=O) groups excluding carboxylic acids is 1. The highest BCUT2D eigenvalue weighted by atomic mass is 35.5. The van der Waals surface area contributed by atoms with E-state index < -0.39 is 10.8 Å². The highest BCUT2D eigenvalue weighted by Gasteiger charge is 2.19. The van der Waals surface area contributed by atoms with Gasteiger partial charge in [0.05, 0.1) is 35.5 Å². The number of non-ortho nitro benzene ring substituents is 1. The fourth-order valence-corrected chi connectivity index (χ4v) is 2.94. The van der Waals surface area contributed by atoms with E-state index in [0.717, 1.165) is 0 Å². The quantitative estimate of drug-likeness (QED) is 0.313. The smallest absolute Gasteiger partial charge is 0.271 e. The van der Waals surface area contributed by atoms with E-state index >= 15 is 0 Å². The summed E-state index contributed by atoms with van der Waals surface area (Å²) in [5.74, 6) is 0.595. The molecule has 166 valence electrons. The molecule has 0 spiro atoms. The van der Waals surface area contributed by atoms with Crippen molar-refractivity contribution >= 4 is 46.2 Å². The van der Waals surface area contributed by atoms with Gasteiger partial charge < -0.3 is 19.5 Å². The molecule has 0 radical (unpaired) electrons. The predicted molar refractivity (Wildman–Crippen MR) is 122 cm³/mol. The maximum Gasteiger partial charge on any atom is 0.271 e. The number of halogens is 1. The molecule has 0 bridgehead atoms. The standard InChI is InChI=1S/C20H22ClN3O6S/c1-4-28-16-9-12(10-17(29-5-2)18(16)30-6-3)19(25)23-20(31)22-15-11-13(24(26)27)7-8-14(15)21/h7-11H,4-6H2,1-3H3,(H2,22,23,25,31). The van der Waals surface area contributed by atoms with Crippen LogP contribution in [0.4, 0.5) is 11.4 Å². The van der Waals surface area contributed by atoms with Crippen molar-refractivity contribution in [1.82, 2.24) is 5.32 Å². The molecule has 1 amide bonds. The number of anilines is 1. The minimum absolute atomic E-state index is 0.0859. The number of benzene rings is 2. The van der Waals surface area contributed by atoms with Gasteiger partial charge in [0, 0.05) is 17.7 Å². The van der Waals surface area contributed by atoms with Crippen LogP contribution in [-0.2, 0) is 0 Å². The third kappa shape index (κ3) is 6.43. The predicted octanol–water partition coefficient (Wildman–Crippen LogP) is 4.57. The number of carbonyl (C=O) groups is 1. The molecule has 0 heterocycles. The average molecular weight is 468 g/mol. The summed E-state index contributed by atoms with van der Waals surface area (Å²) in [6.45, 7) is 6.57. The molecule has 2 rings (SSSR count). The Morgan fingerprint density at radius 2 is 1.65 bits per heavy atom. The van der Waals surface area contributed by atoms with Gasteiger partial charge in [-0.05, 0) is 51.2 Å². The summed E-state index contributed by atoms with van der Waals surface area (Å²) in [5, 5.41) is 16.3. The Kier molecular flexibility index (Phi) is 8.83. The van der Waals surface area contributed by atoms with E-state index in [1.165, 1.54) is 30.3 Å². The SMILES string of the molecule is CCOc1cc(C(=O)NC(=S)Nc2cc([N+](=O)[O-])ccc2Cl)cc(OCC)c1OCC. The molecule has 0 saturated carbocycles. The van der Waals surface area contributed by atoms with E-state index in [-0.39, 0.29) is 27.1 Å². The van der Waals surface area contributed by atoms with E-state index in [0.29, 0.717) is 37.1 Å². The summed E-state index contributed by atoms with van der Waals surface area (Å²) in [7, 11) is 0. The lowest BCUT2D eigenvalue weighted by Gasteiger charge is -2.17. The van der Waals surface area contributed by atoms with Crippen molar-refractivity contribution in [1.29, 1.82) is 0 Å². The summed E-state index contributed by atoms with van der Waals surface area (Å²) in [6.07, 6.45) is 0. The molecule has 2 N–H and O–H groups in total. The lowest BCUT2D eigenvalue weighted by molar-refractivity contribution is -0.384. The number of nitrogens with one attached hydrogen (secondary N) is 2. The van der Waals surface area contributed by atoms with Crippen LogP contribution in [0, 0.1) is 10.1 Å². The number of hydrogen-bond acceptors (Lipinski definition) is 7. The van der Waals surface area contributed by atoms with Gasteiger partial charge in [0.1, 0.15) is 0 Å². The summed E-state index contributed by atoms with van der Waals surface area (Å²) in [6, 6.07) is 6.89. The maximum absolute atomic E-state index is 12.8. The largest absolute Gasteiger partial charge is 0.490 e. The first kappa shape index (κ1) is 24.2. The topological polar surface area (TPSA) is 112 Å². The normalized spacial score (nSPS) is 10.2. The van der Waals surface area contributed by atoms with Crippen LogP contribution in [0.25, 0.3) is 0 Å². The van der Waals surface area contributed by atoms with Crippen molar-refractivity contribution in [2.75, 3.05) is 25.1 Å². The molecule has 0 aliphatic rings. The molecule has 2 aromatic rings. The molecule has 0 aliphatic carbocycles. The number of amides is 1. The van der Waals surface area contributed by atoms with Gasteiger partial charge in [-0.15, -0.1) is 0 Å². The van der Waals surface area contributed by atoms with Gasteiger partial charge in [-0.1, -0.05) is 11.6 Å². The number of ether oxygens (including phenoxy) is 3. The molecular formula is C20H22ClN3O6S. The molecule has 0 fully saturated rings. The van der Waals surface area contributed by atoms with Gasteiger partial charge in [-0.25, -0.2) is 0 Å². The van der Waals surface area contributed by atoms with Crippen LogP contribution in [-0.4, -0.2) is 35.8 Å². The molecule has 11 heteroatoms. The van der Waals surface area contributed by atoms with Crippen LogP contribution in [0.15, 0.2) is 30.3 Å². The van der Waals surface area contributed by atoms with Gasteiger partial charge in [0.25, 0.3) is 11.6 Å². The zero-order valence-corrected chi connectivity index (χ0v) is 18.8. The molecule has 2 aromatic carbocycles. The molecule has 31 heavy (non-hydrogen) atoms. The van der Waals surface area contributed by atoms with Crippen molar-refractivity contribution in [2.45, 2.75) is 20.8 Å². The Morgan fingerprint density at radius 3 is 2.16 bits per heavy atom. The lowest BCUT2D eigenvalue weighted by atomic mass is 10.1. The second-order valence-electron chi connectivity index (χ2n) is 5.93. The molecule has 0 atom stereocenters. The Balaban J connectivity index is 2.25. The first-order valence-corrected chi connectivity index (χ1v) is 10.2. The average Bonchev–Trinajstić information content (AvgIpc) is 2.71. The fraction of sp³-hybridized carbons (Fsp3) is 0.300. The van der Waals surface area contributed by atoms with E-state index in [4.69, 9.17) is 38.0 Å². The zero-order chi connectivity index (χ0) is 23.0. The van der Waals surface area contributed by atoms with Crippen molar-refractivity contribution in [2.24, 2.45) is 0 Å². The van der Waals surface area contributed by atoms with Gasteiger partial charge in [-0.2, -0.15) is 0 Å². The number of rotatable bonds is 9. The van der Waals surface area contributed by atoms with E-state index in [1.807, 2.05) is 20.8 Å². The number of thiocarbonyl (C=S) groups is 1. The number of nitro benzene ring substituents is 1. The summed E-state index contributed by atoms with van der Waals surface area (Å²) < 4.78 is 16.8. The summed E-state index contributed by atoms with van der Waals surface area (Å²) in [4.78, 5) is 23.1. The maximum atomic E-state index is 12.8. The zero-order valence-electron chi connectivity index (χ0n) is 17.2. The second-order valence-corrected chi connectivity index (χ2v) is 6.75. The van der Waals surface area contributed by atoms with Crippen molar-refractivity contribution in [3.05, 3.63) is 51.0 Å². The van der Waals surface area contributed by atoms with Crippen molar-refractivity contribution in [3.8, 4) is 17.2 Å². The molecule has 0 aromatic heterocycles. The van der Waals surface area contributed by atoms with Crippen molar-refractivity contribution < 1.29 is 23.9 Å². The number of nitrogens with zero attached hydrogens (tertiary/aromatic N) is 1. The molecular weight excluding hydrogens is 446 g/mol. The van der Waals surface area contributed by atoms with Crippen LogP contribution in [0.3, 0.4) is 0 Å². The van der Waals surface area contributed by atoms with Crippen LogP contribution in [0.1, 0.15) is 31.1 Å². The molecule has 0 saturated heterocycles. The Morgan fingerprint density at radius 1 is 1.06 bits per heavy atom. The molecule has 0 unspecified atom stereocenters. The monoisotopic (exact) mass is 467 g/mol. The minimum atomic E-state index is -0.562. The van der Waals surface area contributed by atoms with E-state index in [2.05, 4.69) is 10.6 Å². The van der Waals surface area contributed by atoms with Gasteiger partial charge in [0.2, 0.25) is 5.75 Å². The summed E-state index contributed by atoms with van der Waals surface area (Å²) >= 11 is 11.2. The third-order valence-electron chi connectivity index (χ3n) is 3.81. The molecule has 9 nitrogen and oxygen atoms in total. The Labute approximate surface area is 189 Å². The highest BCUT2D eigenvalue weighted by Crippen LogP contribution is 2.39. The van der Waals surface area contributed by atoms with Crippen molar-refractivity contribution in [3.63, 3.8) is 0 Å². The second kappa shape index (κ2) is 11.3.